The molecule has 3 nitrogen and oxygen atoms in total. The Morgan fingerprint density at radius 2 is 1.56 bits per heavy atom. The Hall–Kier alpha value is -1.79. The molecule has 1 N–H and O–H groups in total. The van der Waals surface area contributed by atoms with Crippen molar-refractivity contribution in [3.05, 3.63) is 54.1 Å². The van der Waals surface area contributed by atoms with E-state index < -0.39 is 26.2 Å². The zero-order valence-electron chi connectivity index (χ0n) is 14.9. The van der Waals surface area contributed by atoms with Crippen LogP contribution < -0.4 is 0 Å². The summed E-state index contributed by atoms with van der Waals surface area (Å²) in [6.45, 7) is 0. The van der Waals surface area contributed by atoms with Crippen molar-refractivity contribution in [1.29, 1.82) is 0 Å². The van der Waals surface area contributed by atoms with E-state index in [0.29, 0.717) is 31.2 Å². The third-order valence-corrected chi connectivity index (χ3v) is 8.83. The standard InChI is InChI=1S/C21H22F2O3S/c22-16-5-10-19(20(23)13-16)14-1-8-18(9-2-14)27(25,26)21(11-12-21)15-3-6-17(24)7-4-15/h1-2,5,8-10,13,15,17,24H,3-4,6-7,11-12H2. The van der Waals surface area contributed by atoms with Crippen molar-refractivity contribution in [2.75, 3.05) is 0 Å². The number of aliphatic hydroxyl groups excluding tert-OH is 1. The van der Waals surface area contributed by atoms with Gasteiger partial charge in [0.15, 0.2) is 9.84 Å². The number of halogens is 2. The molecule has 2 aliphatic rings. The van der Waals surface area contributed by atoms with E-state index in [0.717, 1.165) is 18.9 Å². The van der Waals surface area contributed by atoms with Crippen molar-refractivity contribution < 1.29 is 22.3 Å². The van der Waals surface area contributed by atoms with Crippen molar-refractivity contribution in [3.63, 3.8) is 0 Å². The van der Waals surface area contributed by atoms with Gasteiger partial charge in [0.05, 0.1) is 15.7 Å². The normalized spacial score (nSPS) is 24.6. The van der Waals surface area contributed by atoms with Gasteiger partial charge in [0.1, 0.15) is 11.6 Å². The molecule has 0 aromatic heterocycles. The second-order valence-electron chi connectivity index (χ2n) is 7.72. The third kappa shape index (κ3) is 3.19. The van der Waals surface area contributed by atoms with E-state index in [1.807, 2.05) is 0 Å². The summed E-state index contributed by atoms with van der Waals surface area (Å²) < 4.78 is 52.9. The lowest BCUT2D eigenvalue weighted by Crippen LogP contribution is -2.35. The molecule has 144 valence electrons. The highest BCUT2D eigenvalue weighted by molar-refractivity contribution is 7.93. The van der Waals surface area contributed by atoms with Crippen LogP contribution >= 0.6 is 0 Å². The molecule has 4 rings (SSSR count). The van der Waals surface area contributed by atoms with Gasteiger partial charge in [0.25, 0.3) is 0 Å². The minimum absolute atomic E-state index is 0.0834. The molecule has 27 heavy (non-hydrogen) atoms. The van der Waals surface area contributed by atoms with Crippen LogP contribution in [0.25, 0.3) is 11.1 Å². The zero-order chi connectivity index (χ0) is 19.2. The summed E-state index contributed by atoms with van der Waals surface area (Å²) in [7, 11) is -3.50. The maximum atomic E-state index is 14.0. The van der Waals surface area contributed by atoms with Gasteiger partial charge in [-0.15, -0.1) is 0 Å². The third-order valence-electron chi connectivity index (χ3n) is 6.13. The molecule has 0 heterocycles. The van der Waals surface area contributed by atoms with Crippen molar-refractivity contribution in [1.82, 2.24) is 0 Å². The Morgan fingerprint density at radius 1 is 0.926 bits per heavy atom. The van der Waals surface area contributed by atoms with Crippen LogP contribution in [0, 0.1) is 17.6 Å². The number of benzene rings is 2. The lowest BCUT2D eigenvalue weighted by atomic mass is 9.84. The van der Waals surface area contributed by atoms with Gasteiger partial charge in [-0.05, 0) is 74.3 Å². The Bertz CT molecular complexity index is 942. The van der Waals surface area contributed by atoms with E-state index in [-0.39, 0.29) is 22.5 Å². The van der Waals surface area contributed by atoms with Crippen LogP contribution in [0.2, 0.25) is 0 Å². The molecule has 0 radical (unpaired) electrons. The van der Waals surface area contributed by atoms with Crippen LogP contribution in [0.3, 0.4) is 0 Å². The number of hydrogen-bond acceptors (Lipinski definition) is 3. The van der Waals surface area contributed by atoms with E-state index in [2.05, 4.69) is 0 Å². The Kier molecular flexibility index (Phi) is 4.59. The maximum Gasteiger partial charge on any atom is 0.184 e. The molecule has 2 aromatic carbocycles. The maximum absolute atomic E-state index is 14.0. The molecular formula is C21H22F2O3S. The summed E-state index contributed by atoms with van der Waals surface area (Å²) in [6.07, 6.45) is 3.78. The molecule has 0 unspecified atom stereocenters. The first-order valence-electron chi connectivity index (χ1n) is 9.32. The highest BCUT2D eigenvalue weighted by Crippen LogP contribution is 2.56. The van der Waals surface area contributed by atoms with Gasteiger partial charge in [-0.25, -0.2) is 17.2 Å². The van der Waals surface area contributed by atoms with Crippen molar-refractivity contribution >= 4 is 9.84 Å². The average Bonchev–Trinajstić information content (AvgIpc) is 3.45. The monoisotopic (exact) mass is 392 g/mol. The molecule has 2 saturated carbocycles. The average molecular weight is 392 g/mol. The van der Waals surface area contributed by atoms with Crippen LogP contribution in [-0.4, -0.2) is 24.4 Å². The Labute approximate surface area is 158 Å². The van der Waals surface area contributed by atoms with Gasteiger partial charge >= 0.3 is 0 Å². The zero-order valence-corrected chi connectivity index (χ0v) is 15.7. The van der Waals surface area contributed by atoms with Gasteiger partial charge < -0.3 is 5.11 Å². The summed E-state index contributed by atoms with van der Waals surface area (Å²) in [5.74, 6) is -1.24. The minimum Gasteiger partial charge on any atom is -0.393 e. The quantitative estimate of drug-likeness (QED) is 0.834. The summed E-state index contributed by atoms with van der Waals surface area (Å²) in [5, 5.41) is 9.71. The number of rotatable bonds is 4. The molecule has 0 aliphatic heterocycles. The predicted octanol–water partition coefficient (Wildman–Crippen LogP) is 4.49. The van der Waals surface area contributed by atoms with Crippen LogP contribution in [0.5, 0.6) is 0 Å². The molecule has 0 saturated heterocycles. The van der Waals surface area contributed by atoms with Crippen molar-refractivity contribution in [2.45, 2.75) is 54.3 Å². The molecule has 2 fully saturated rings. The fourth-order valence-corrected chi connectivity index (χ4v) is 6.67. The Balaban J connectivity index is 1.61. The molecule has 0 atom stereocenters. The van der Waals surface area contributed by atoms with Crippen molar-refractivity contribution in [2.24, 2.45) is 5.92 Å². The molecule has 0 spiro atoms. The first-order chi connectivity index (χ1) is 12.8. The summed E-state index contributed by atoms with van der Waals surface area (Å²) >= 11 is 0. The fourth-order valence-electron chi connectivity index (χ4n) is 4.39. The van der Waals surface area contributed by atoms with Gasteiger partial charge in [-0.3, -0.25) is 0 Å². The number of sulfone groups is 1. The highest BCUT2D eigenvalue weighted by atomic mass is 32.2. The first kappa shape index (κ1) is 18.6. The first-order valence-corrected chi connectivity index (χ1v) is 10.8. The number of aliphatic hydroxyl groups is 1. The molecular weight excluding hydrogens is 370 g/mol. The molecule has 0 amide bonds. The van der Waals surface area contributed by atoms with E-state index in [1.54, 1.807) is 12.1 Å². The number of hydrogen-bond donors (Lipinski definition) is 1. The molecule has 0 bridgehead atoms. The summed E-state index contributed by atoms with van der Waals surface area (Å²) in [5.41, 5.74) is 0.750. The molecule has 2 aromatic rings. The van der Waals surface area contributed by atoms with E-state index in [1.165, 1.54) is 24.3 Å². The van der Waals surface area contributed by atoms with E-state index in [9.17, 15) is 22.3 Å². The van der Waals surface area contributed by atoms with Gasteiger partial charge in [-0.2, -0.15) is 0 Å². The van der Waals surface area contributed by atoms with Gasteiger partial charge in [0, 0.05) is 11.6 Å². The summed E-state index contributed by atoms with van der Waals surface area (Å²) in [6, 6.07) is 9.53. The van der Waals surface area contributed by atoms with E-state index >= 15 is 0 Å². The SMILES string of the molecule is O=S(=O)(c1ccc(-c2ccc(F)cc2F)cc1)C1(C2CCC(O)CC2)CC1. The van der Waals surface area contributed by atoms with Crippen LogP contribution in [-0.2, 0) is 9.84 Å². The molecule has 6 heteroatoms. The summed E-state index contributed by atoms with van der Waals surface area (Å²) in [4.78, 5) is 0.248. The van der Waals surface area contributed by atoms with Gasteiger partial charge in [0.2, 0.25) is 0 Å². The predicted molar refractivity (Wildman–Crippen MR) is 98.9 cm³/mol. The Morgan fingerprint density at radius 3 is 2.11 bits per heavy atom. The van der Waals surface area contributed by atoms with Crippen LogP contribution in [0.15, 0.2) is 47.4 Å². The molecule has 2 aliphatic carbocycles. The minimum atomic E-state index is -3.50. The lowest BCUT2D eigenvalue weighted by Gasteiger charge is -2.32. The van der Waals surface area contributed by atoms with Crippen molar-refractivity contribution in [3.8, 4) is 11.1 Å². The van der Waals surface area contributed by atoms with Crippen LogP contribution in [0.4, 0.5) is 8.78 Å². The largest absolute Gasteiger partial charge is 0.393 e. The smallest absolute Gasteiger partial charge is 0.184 e. The van der Waals surface area contributed by atoms with Gasteiger partial charge in [-0.1, -0.05) is 12.1 Å². The topological polar surface area (TPSA) is 54.4 Å². The second kappa shape index (κ2) is 6.67. The fraction of sp³-hybridized carbons (Fsp3) is 0.429. The highest BCUT2D eigenvalue weighted by Gasteiger charge is 2.59. The second-order valence-corrected chi connectivity index (χ2v) is 10.0. The van der Waals surface area contributed by atoms with E-state index in [4.69, 9.17) is 0 Å². The lowest BCUT2D eigenvalue weighted by molar-refractivity contribution is 0.105. The van der Waals surface area contributed by atoms with Crippen LogP contribution in [0.1, 0.15) is 38.5 Å².